The number of thioether (sulfide) groups is 1. The van der Waals surface area contributed by atoms with Crippen LogP contribution >= 0.6 is 11.8 Å². The topological polar surface area (TPSA) is 95.6 Å². The first-order valence-electron chi connectivity index (χ1n) is 5.13. The number of hydrogen-bond acceptors (Lipinski definition) is 4. The maximum absolute atomic E-state index is 11.3. The summed E-state index contributed by atoms with van der Waals surface area (Å²) in [6.45, 7) is 3.84. The van der Waals surface area contributed by atoms with E-state index in [1.807, 2.05) is 6.92 Å². The van der Waals surface area contributed by atoms with Gasteiger partial charge in [0, 0.05) is 11.8 Å². The standard InChI is InChI=1S/C10H16N4OS/c1-3-4-7-5-8(15)14-10(13-7)16-6(2)9(11)12/h5-6H,3-4H2,1-2H3,(H3,11,12)(H,13,14,15). The summed E-state index contributed by atoms with van der Waals surface area (Å²) < 4.78 is 0. The molecule has 0 aromatic carbocycles. The lowest BCUT2D eigenvalue weighted by molar-refractivity contribution is 0.815. The van der Waals surface area contributed by atoms with E-state index in [1.165, 1.54) is 17.8 Å². The fourth-order valence-corrected chi connectivity index (χ4v) is 1.95. The first-order chi connectivity index (χ1) is 7.52. The van der Waals surface area contributed by atoms with Crippen molar-refractivity contribution in [3.63, 3.8) is 0 Å². The highest BCUT2D eigenvalue weighted by molar-refractivity contribution is 8.00. The second-order valence-corrected chi connectivity index (χ2v) is 4.84. The van der Waals surface area contributed by atoms with Crippen molar-refractivity contribution < 1.29 is 0 Å². The number of nitrogens with one attached hydrogen (secondary N) is 2. The van der Waals surface area contributed by atoms with Crippen LogP contribution in [0.25, 0.3) is 0 Å². The van der Waals surface area contributed by atoms with Gasteiger partial charge in [-0.05, 0) is 13.3 Å². The van der Waals surface area contributed by atoms with E-state index in [4.69, 9.17) is 11.1 Å². The van der Waals surface area contributed by atoms with Gasteiger partial charge >= 0.3 is 0 Å². The Morgan fingerprint density at radius 3 is 3.00 bits per heavy atom. The van der Waals surface area contributed by atoms with Crippen LogP contribution in [0.3, 0.4) is 0 Å². The van der Waals surface area contributed by atoms with Gasteiger partial charge in [-0.2, -0.15) is 0 Å². The van der Waals surface area contributed by atoms with Gasteiger partial charge in [0.25, 0.3) is 5.56 Å². The van der Waals surface area contributed by atoms with Gasteiger partial charge in [0.1, 0.15) is 5.84 Å². The van der Waals surface area contributed by atoms with E-state index in [2.05, 4.69) is 9.97 Å². The average molecular weight is 240 g/mol. The van der Waals surface area contributed by atoms with Crippen molar-refractivity contribution in [3.8, 4) is 0 Å². The smallest absolute Gasteiger partial charge is 0.251 e. The molecule has 88 valence electrons. The van der Waals surface area contributed by atoms with E-state index in [-0.39, 0.29) is 16.6 Å². The Bertz CT molecular complexity index is 429. The van der Waals surface area contributed by atoms with Crippen molar-refractivity contribution in [3.05, 3.63) is 22.1 Å². The van der Waals surface area contributed by atoms with Gasteiger partial charge in [-0.1, -0.05) is 25.1 Å². The van der Waals surface area contributed by atoms with Crippen molar-refractivity contribution in [2.75, 3.05) is 0 Å². The van der Waals surface area contributed by atoms with Crippen molar-refractivity contribution in [2.45, 2.75) is 37.1 Å². The summed E-state index contributed by atoms with van der Waals surface area (Å²) in [6.07, 6.45) is 1.73. The molecule has 0 saturated heterocycles. The van der Waals surface area contributed by atoms with Gasteiger partial charge in [-0.15, -0.1) is 0 Å². The minimum Gasteiger partial charge on any atom is -0.387 e. The van der Waals surface area contributed by atoms with E-state index in [1.54, 1.807) is 6.92 Å². The number of aromatic amines is 1. The van der Waals surface area contributed by atoms with Crippen LogP contribution in [0.2, 0.25) is 0 Å². The van der Waals surface area contributed by atoms with Gasteiger partial charge < -0.3 is 10.7 Å². The number of hydrogen-bond donors (Lipinski definition) is 3. The molecule has 5 nitrogen and oxygen atoms in total. The van der Waals surface area contributed by atoms with Crippen LogP contribution in [-0.4, -0.2) is 21.1 Å². The van der Waals surface area contributed by atoms with Crippen LogP contribution < -0.4 is 11.3 Å². The van der Waals surface area contributed by atoms with Crippen LogP contribution in [0.4, 0.5) is 0 Å². The summed E-state index contributed by atoms with van der Waals surface area (Å²) in [5.74, 6) is 0.0774. The highest BCUT2D eigenvalue weighted by Crippen LogP contribution is 2.17. The minimum absolute atomic E-state index is 0.0774. The Balaban J connectivity index is 2.88. The molecule has 0 aliphatic rings. The third-order valence-electron chi connectivity index (χ3n) is 2.01. The maximum Gasteiger partial charge on any atom is 0.251 e. The third-order valence-corrected chi connectivity index (χ3v) is 3.03. The van der Waals surface area contributed by atoms with Crippen LogP contribution in [-0.2, 0) is 6.42 Å². The molecule has 1 heterocycles. The number of H-pyrrole nitrogens is 1. The summed E-state index contributed by atoms with van der Waals surface area (Å²) in [7, 11) is 0. The molecular formula is C10H16N4OS. The Labute approximate surface area is 98.4 Å². The SMILES string of the molecule is CCCc1cc(=O)[nH]c(SC(C)C(=N)N)n1. The molecule has 1 atom stereocenters. The van der Waals surface area contributed by atoms with Gasteiger partial charge in [0.05, 0.1) is 5.25 Å². The molecule has 0 fully saturated rings. The summed E-state index contributed by atoms with van der Waals surface area (Å²) in [5, 5.41) is 7.62. The number of amidine groups is 1. The molecule has 4 N–H and O–H groups in total. The van der Waals surface area contributed by atoms with Gasteiger partial charge in [0.2, 0.25) is 0 Å². The molecule has 1 unspecified atom stereocenters. The van der Waals surface area contributed by atoms with Crippen molar-refractivity contribution in [1.82, 2.24) is 9.97 Å². The highest BCUT2D eigenvalue weighted by atomic mass is 32.2. The zero-order valence-electron chi connectivity index (χ0n) is 9.41. The Kier molecular flexibility index (Phi) is 4.54. The van der Waals surface area contributed by atoms with E-state index in [0.717, 1.165) is 18.5 Å². The molecule has 1 aromatic heterocycles. The lowest BCUT2D eigenvalue weighted by atomic mass is 10.2. The Hall–Kier alpha value is -1.30. The van der Waals surface area contributed by atoms with E-state index < -0.39 is 0 Å². The largest absolute Gasteiger partial charge is 0.387 e. The molecule has 1 aromatic rings. The highest BCUT2D eigenvalue weighted by Gasteiger charge is 2.10. The lowest BCUT2D eigenvalue weighted by Crippen LogP contribution is -2.22. The second-order valence-electron chi connectivity index (χ2n) is 3.51. The fourth-order valence-electron chi connectivity index (χ4n) is 1.15. The number of nitrogens with two attached hydrogens (primary N) is 1. The third kappa shape index (κ3) is 3.69. The lowest BCUT2D eigenvalue weighted by Gasteiger charge is -2.08. The van der Waals surface area contributed by atoms with Crippen LogP contribution in [0.5, 0.6) is 0 Å². The fraction of sp³-hybridized carbons (Fsp3) is 0.500. The minimum atomic E-state index is -0.181. The summed E-state index contributed by atoms with van der Waals surface area (Å²) in [5.41, 5.74) is 5.99. The Morgan fingerprint density at radius 1 is 1.75 bits per heavy atom. The Morgan fingerprint density at radius 2 is 2.44 bits per heavy atom. The van der Waals surface area contributed by atoms with Gasteiger partial charge in [0.15, 0.2) is 5.16 Å². The quantitative estimate of drug-likeness (QED) is 0.311. The predicted octanol–water partition coefficient (Wildman–Crippen LogP) is 1.14. The summed E-state index contributed by atoms with van der Waals surface area (Å²) in [4.78, 5) is 18.3. The predicted molar refractivity (Wildman–Crippen MR) is 66.1 cm³/mol. The van der Waals surface area contributed by atoms with E-state index in [0.29, 0.717) is 5.16 Å². The molecule has 0 amide bonds. The molecule has 6 heteroatoms. The monoisotopic (exact) mass is 240 g/mol. The van der Waals surface area contributed by atoms with E-state index >= 15 is 0 Å². The van der Waals surface area contributed by atoms with Crippen LogP contribution in [0.15, 0.2) is 16.0 Å². The van der Waals surface area contributed by atoms with Gasteiger partial charge in [-0.3, -0.25) is 10.2 Å². The van der Waals surface area contributed by atoms with Crippen molar-refractivity contribution in [1.29, 1.82) is 5.41 Å². The molecule has 0 radical (unpaired) electrons. The first-order valence-corrected chi connectivity index (χ1v) is 6.01. The molecule has 16 heavy (non-hydrogen) atoms. The number of rotatable bonds is 5. The zero-order chi connectivity index (χ0) is 12.1. The summed E-state index contributed by atoms with van der Waals surface area (Å²) in [6, 6.07) is 1.51. The van der Waals surface area contributed by atoms with Crippen molar-refractivity contribution >= 4 is 17.6 Å². The normalized spacial score (nSPS) is 12.4. The summed E-state index contributed by atoms with van der Waals surface area (Å²) >= 11 is 1.29. The van der Waals surface area contributed by atoms with Gasteiger partial charge in [-0.25, -0.2) is 4.98 Å². The zero-order valence-corrected chi connectivity index (χ0v) is 10.2. The van der Waals surface area contributed by atoms with Crippen molar-refractivity contribution in [2.24, 2.45) is 5.73 Å². The molecule has 0 aliphatic carbocycles. The molecule has 0 aliphatic heterocycles. The molecule has 1 rings (SSSR count). The van der Waals surface area contributed by atoms with Crippen LogP contribution in [0, 0.1) is 5.41 Å². The van der Waals surface area contributed by atoms with E-state index in [9.17, 15) is 4.79 Å². The molecule has 0 spiro atoms. The number of aromatic nitrogens is 2. The second kappa shape index (κ2) is 5.69. The number of aryl methyl sites for hydroxylation is 1. The molecule has 0 bridgehead atoms. The van der Waals surface area contributed by atoms with Crippen LogP contribution in [0.1, 0.15) is 26.0 Å². The first kappa shape index (κ1) is 12.8. The number of nitrogens with zero attached hydrogens (tertiary/aromatic N) is 1. The average Bonchev–Trinajstić information content (AvgIpc) is 2.16. The molecular weight excluding hydrogens is 224 g/mol. The molecule has 0 saturated carbocycles. The maximum atomic E-state index is 11.3.